The molecule has 0 aromatic heterocycles. The molecule has 4 N–H and O–H groups in total. The average Bonchev–Trinajstić information content (AvgIpc) is 2.44. The summed E-state index contributed by atoms with van der Waals surface area (Å²) in [5.74, 6) is -0.609. The van der Waals surface area contributed by atoms with Crippen LogP contribution in [0, 0.1) is 5.92 Å². The molecule has 1 aromatic carbocycles. The molecule has 0 fully saturated rings. The second-order valence-corrected chi connectivity index (χ2v) is 5.50. The highest BCUT2D eigenvalue weighted by Crippen LogP contribution is 2.33. The Labute approximate surface area is 126 Å². The van der Waals surface area contributed by atoms with Crippen LogP contribution in [0.25, 0.3) is 0 Å². The van der Waals surface area contributed by atoms with Gasteiger partial charge in [0.1, 0.15) is 5.75 Å². The lowest BCUT2D eigenvalue weighted by atomic mass is 9.93. The van der Waals surface area contributed by atoms with E-state index < -0.39 is 12.0 Å². The first kappa shape index (κ1) is 16.7. The predicted molar refractivity (Wildman–Crippen MR) is 78.2 cm³/mol. The Kier molecular flexibility index (Phi) is 6.70. The number of carbonyl (C=O) groups excluding carboxylic acids is 1. The van der Waals surface area contributed by atoms with E-state index in [9.17, 15) is 15.0 Å². The Bertz CT molecular complexity index is 490. The molecule has 1 amide bonds. The van der Waals surface area contributed by atoms with Crippen LogP contribution in [0.2, 0.25) is 0 Å². The van der Waals surface area contributed by atoms with Crippen molar-refractivity contribution in [1.82, 2.24) is 5.48 Å². The second kappa shape index (κ2) is 8.04. The number of allylic oxidation sites excluding steroid dienone is 1. The average molecular weight is 344 g/mol. The minimum absolute atomic E-state index is 0.0581. The zero-order chi connectivity index (χ0) is 15.1. The molecule has 0 aliphatic carbocycles. The fourth-order valence-electron chi connectivity index (χ4n) is 1.81. The quantitative estimate of drug-likeness (QED) is 0.363. The van der Waals surface area contributed by atoms with Gasteiger partial charge in [0, 0.05) is 16.1 Å². The van der Waals surface area contributed by atoms with E-state index in [0.29, 0.717) is 18.4 Å². The number of amides is 1. The third-order valence-corrected chi connectivity index (χ3v) is 3.51. The Morgan fingerprint density at radius 1 is 1.50 bits per heavy atom. The number of phenols is 1. The number of hydroxylamine groups is 1. The highest BCUT2D eigenvalue weighted by molar-refractivity contribution is 9.10. The molecule has 0 spiro atoms. The lowest BCUT2D eigenvalue weighted by molar-refractivity contribution is -0.124. The number of nitrogens with one attached hydrogen (secondary N) is 1. The van der Waals surface area contributed by atoms with E-state index in [1.54, 1.807) is 18.2 Å². The fraction of sp³-hybridized carbons (Fsp3) is 0.357. The smallest absolute Gasteiger partial charge is 0.267 e. The summed E-state index contributed by atoms with van der Waals surface area (Å²) in [6.07, 6.45) is 3.29. The van der Waals surface area contributed by atoms with Crippen LogP contribution < -0.4 is 5.48 Å². The van der Waals surface area contributed by atoms with E-state index in [4.69, 9.17) is 5.21 Å². The summed E-state index contributed by atoms with van der Waals surface area (Å²) < 4.78 is 0.788. The third kappa shape index (κ3) is 4.96. The number of hydrogen-bond acceptors (Lipinski definition) is 4. The number of halogens is 1. The highest BCUT2D eigenvalue weighted by atomic mass is 79.9. The van der Waals surface area contributed by atoms with Gasteiger partial charge in [-0.1, -0.05) is 28.9 Å². The maximum absolute atomic E-state index is 10.8. The molecule has 6 heteroatoms. The Morgan fingerprint density at radius 2 is 2.20 bits per heavy atom. The minimum atomic E-state index is -0.785. The summed E-state index contributed by atoms with van der Waals surface area (Å²) >= 11 is 3.30. The van der Waals surface area contributed by atoms with E-state index >= 15 is 0 Å². The van der Waals surface area contributed by atoms with E-state index in [-0.39, 0.29) is 11.7 Å². The Balaban J connectivity index is 2.58. The van der Waals surface area contributed by atoms with Crippen molar-refractivity contribution in [3.8, 4) is 5.75 Å². The molecular formula is C14H18BrNO4. The molecule has 5 nitrogen and oxygen atoms in total. The lowest BCUT2D eigenvalue weighted by Crippen LogP contribution is -2.15. The van der Waals surface area contributed by atoms with Crippen LogP contribution in [0.4, 0.5) is 0 Å². The van der Waals surface area contributed by atoms with E-state index in [2.05, 4.69) is 15.9 Å². The van der Waals surface area contributed by atoms with Crippen molar-refractivity contribution >= 4 is 21.8 Å². The molecule has 0 unspecified atom stereocenters. The second-order valence-electron chi connectivity index (χ2n) is 4.58. The maximum Gasteiger partial charge on any atom is 0.267 e. The molecular weight excluding hydrogens is 326 g/mol. The summed E-state index contributed by atoms with van der Waals surface area (Å²) in [6, 6.07) is 4.92. The number of hydrogen-bond donors (Lipinski definition) is 4. The molecule has 1 rings (SSSR count). The zero-order valence-corrected chi connectivity index (χ0v) is 12.7. The summed E-state index contributed by atoms with van der Waals surface area (Å²) in [5.41, 5.74) is 1.98. The van der Waals surface area contributed by atoms with Crippen molar-refractivity contribution in [3.63, 3.8) is 0 Å². The lowest BCUT2D eigenvalue weighted by Gasteiger charge is -2.19. The van der Waals surface area contributed by atoms with Crippen molar-refractivity contribution in [2.45, 2.75) is 25.9 Å². The van der Waals surface area contributed by atoms with E-state index in [0.717, 1.165) is 4.47 Å². The SMILES string of the molecule is C[C@H](CC/C=C/C(=O)NO)[C@@H](O)c1cc(Br)ccc1O. The van der Waals surface area contributed by atoms with Crippen LogP contribution in [0.3, 0.4) is 0 Å². The van der Waals surface area contributed by atoms with Gasteiger partial charge in [-0.05, 0) is 37.0 Å². The summed E-state index contributed by atoms with van der Waals surface area (Å²) in [4.78, 5) is 10.8. The first-order chi connectivity index (χ1) is 9.45. The summed E-state index contributed by atoms with van der Waals surface area (Å²) in [7, 11) is 0. The largest absolute Gasteiger partial charge is 0.508 e. The van der Waals surface area contributed by atoms with Gasteiger partial charge in [-0.25, -0.2) is 5.48 Å². The van der Waals surface area contributed by atoms with Crippen molar-refractivity contribution in [2.75, 3.05) is 0 Å². The van der Waals surface area contributed by atoms with Gasteiger partial charge < -0.3 is 10.2 Å². The Hall–Kier alpha value is -1.37. The number of phenolic OH excluding ortho intramolecular Hbond substituents is 1. The standard InChI is InChI=1S/C14H18BrNO4/c1-9(4-2-3-5-13(18)16-20)14(19)11-8-10(15)6-7-12(11)17/h3,5-9,14,17,19-20H,2,4H2,1H3,(H,16,18)/b5-3+/t9-,14-/m1/s1. The van der Waals surface area contributed by atoms with Gasteiger partial charge in [-0.3, -0.25) is 10.0 Å². The van der Waals surface area contributed by atoms with Gasteiger partial charge in [0.05, 0.1) is 6.10 Å². The number of aliphatic hydroxyl groups excluding tert-OH is 1. The normalized spacial score (nSPS) is 14.2. The van der Waals surface area contributed by atoms with Gasteiger partial charge in [-0.15, -0.1) is 0 Å². The first-order valence-electron chi connectivity index (χ1n) is 6.22. The van der Waals surface area contributed by atoms with Crippen molar-refractivity contribution < 1.29 is 20.2 Å². The predicted octanol–water partition coefficient (Wildman–Crippen LogP) is 2.67. The van der Waals surface area contributed by atoms with Crippen LogP contribution in [0.1, 0.15) is 31.4 Å². The molecule has 0 saturated carbocycles. The number of aromatic hydroxyl groups is 1. The van der Waals surface area contributed by atoms with Crippen LogP contribution in [-0.4, -0.2) is 21.3 Å². The van der Waals surface area contributed by atoms with Gasteiger partial charge in [0.25, 0.3) is 5.91 Å². The summed E-state index contributed by atoms with van der Waals surface area (Å²) in [5, 5.41) is 28.3. The molecule has 2 atom stereocenters. The molecule has 0 heterocycles. The van der Waals surface area contributed by atoms with Gasteiger partial charge in [0.2, 0.25) is 0 Å². The molecule has 20 heavy (non-hydrogen) atoms. The maximum atomic E-state index is 10.8. The Morgan fingerprint density at radius 3 is 2.85 bits per heavy atom. The van der Waals surface area contributed by atoms with Crippen LogP contribution in [0.15, 0.2) is 34.8 Å². The third-order valence-electron chi connectivity index (χ3n) is 3.02. The number of aliphatic hydroxyl groups is 1. The first-order valence-corrected chi connectivity index (χ1v) is 7.02. The number of rotatable bonds is 6. The molecule has 0 bridgehead atoms. The molecule has 1 aromatic rings. The van der Waals surface area contributed by atoms with Crippen molar-refractivity contribution in [3.05, 3.63) is 40.4 Å². The molecule has 0 aliphatic heterocycles. The highest BCUT2D eigenvalue weighted by Gasteiger charge is 2.19. The van der Waals surface area contributed by atoms with Crippen LogP contribution >= 0.6 is 15.9 Å². The monoisotopic (exact) mass is 343 g/mol. The van der Waals surface area contributed by atoms with Crippen LogP contribution in [0.5, 0.6) is 5.75 Å². The number of carbonyl (C=O) groups is 1. The summed E-state index contributed by atoms with van der Waals surface area (Å²) in [6.45, 7) is 1.87. The van der Waals surface area contributed by atoms with Gasteiger partial charge in [-0.2, -0.15) is 0 Å². The fourth-order valence-corrected chi connectivity index (χ4v) is 2.19. The van der Waals surface area contributed by atoms with E-state index in [1.165, 1.54) is 17.6 Å². The van der Waals surface area contributed by atoms with E-state index in [1.807, 2.05) is 6.92 Å². The number of benzene rings is 1. The van der Waals surface area contributed by atoms with Crippen molar-refractivity contribution in [2.24, 2.45) is 5.92 Å². The topological polar surface area (TPSA) is 89.8 Å². The van der Waals surface area contributed by atoms with Crippen molar-refractivity contribution in [1.29, 1.82) is 0 Å². The zero-order valence-electron chi connectivity index (χ0n) is 11.1. The molecule has 110 valence electrons. The van der Waals surface area contributed by atoms with Crippen LogP contribution in [-0.2, 0) is 4.79 Å². The minimum Gasteiger partial charge on any atom is -0.508 e. The molecule has 0 aliphatic rings. The molecule has 0 saturated heterocycles. The van der Waals surface area contributed by atoms with Gasteiger partial charge >= 0.3 is 0 Å². The van der Waals surface area contributed by atoms with Gasteiger partial charge in [0.15, 0.2) is 0 Å². The molecule has 0 radical (unpaired) electrons.